The molecule has 0 bridgehead atoms. The molecule has 0 fully saturated rings. The van der Waals surface area contributed by atoms with E-state index in [0.29, 0.717) is 0 Å². The van der Waals surface area contributed by atoms with Crippen molar-refractivity contribution in [2.75, 3.05) is 17.3 Å². The van der Waals surface area contributed by atoms with Gasteiger partial charge in [-0.05, 0) is 5.92 Å². The monoisotopic (exact) mass is 297 g/mol. The predicted octanol–water partition coefficient (Wildman–Crippen LogP) is 0.119. The molecular weight excluding hydrogens is 278 g/mol. The van der Waals surface area contributed by atoms with Crippen molar-refractivity contribution >= 4 is 33.5 Å². The summed E-state index contributed by atoms with van der Waals surface area (Å²) in [5, 5.41) is 8.30. The van der Waals surface area contributed by atoms with Crippen molar-refractivity contribution in [3.63, 3.8) is 0 Å². The minimum atomic E-state index is -3.34. The first kappa shape index (κ1) is 17.2. The Kier molecular flexibility index (Phi) is 7.30. The van der Waals surface area contributed by atoms with Crippen molar-refractivity contribution in [3.05, 3.63) is 0 Å². The van der Waals surface area contributed by atoms with Crippen LogP contribution in [0.15, 0.2) is 0 Å². The molecule has 1 unspecified atom stereocenters. The highest BCUT2D eigenvalue weighted by Crippen LogP contribution is 2.20. The van der Waals surface area contributed by atoms with E-state index in [0.717, 1.165) is 11.8 Å². The van der Waals surface area contributed by atoms with E-state index in [4.69, 9.17) is 10.8 Å². The maximum atomic E-state index is 11.5. The quantitative estimate of drug-likeness (QED) is 0.624. The summed E-state index contributed by atoms with van der Waals surface area (Å²) in [5.41, 5.74) is 4.87. The summed E-state index contributed by atoms with van der Waals surface area (Å²) >= 11 is 1.10. The highest BCUT2D eigenvalue weighted by Gasteiger charge is 2.22. The van der Waals surface area contributed by atoms with Crippen LogP contribution in [0.1, 0.15) is 20.3 Å². The van der Waals surface area contributed by atoms with E-state index in [1.54, 1.807) is 13.8 Å². The fraction of sp³-hybridized carbons (Fsp3) is 0.800. The molecule has 0 radical (unpaired) electrons. The fourth-order valence-electron chi connectivity index (χ4n) is 1.21. The second-order valence-corrected chi connectivity index (χ2v) is 7.79. The van der Waals surface area contributed by atoms with Gasteiger partial charge in [-0.15, -0.1) is 11.8 Å². The van der Waals surface area contributed by atoms with Gasteiger partial charge in [-0.25, -0.2) is 8.42 Å². The number of carbonyl (C=O) groups excluding carboxylic acids is 1. The summed E-state index contributed by atoms with van der Waals surface area (Å²) < 4.78 is 23.0. The zero-order valence-corrected chi connectivity index (χ0v) is 12.1. The van der Waals surface area contributed by atoms with Crippen molar-refractivity contribution in [2.45, 2.75) is 25.5 Å². The zero-order chi connectivity index (χ0) is 14.3. The molecule has 18 heavy (non-hydrogen) atoms. The minimum absolute atomic E-state index is 0.0687. The summed E-state index contributed by atoms with van der Waals surface area (Å²) in [6, 6.07) is 0. The number of amides is 1. The Morgan fingerprint density at radius 3 is 2.22 bits per heavy atom. The Morgan fingerprint density at radius 1 is 1.28 bits per heavy atom. The van der Waals surface area contributed by atoms with Crippen molar-refractivity contribution in [1.29, 1.82) is 0 Å². The molecule has 0 saturated heterocycles. The molecule has 0 heterocycles. The average molecular weight is 297 g/mol. The molecule has 0 saturated carbocycles. The summed E-state index contributed by atoms with van der Waals surface area (Å²) in [6.07, 6.45) is -0.195. The Balaban J connectivity index is 4.16. The van der Waals surface area contributed by atoms with Gasteiger partial charge < -0.3 is 10.8 Å². The number of primary amides is 1. The summed E-state index contributed by atoms with van der Waals surface area (Å²) in [7, 11) is -3.34. The number of nitrogens with two attached hydrogens (primary N) is 1. The van der Waals surface area contributed by atoms with Gasteiger partial charge in [0.2, 0.25) is 5.91 Å². The molecule has 0 rings (SSSR count). The van der Waals surface area contributed by atoms with Crippen LogP contribution >= 0.6 is 11.8 Å². The molecule has 3 N–H and O–H groups in total. The van der Waals surface area contributed by atoms with Crippen LogP contribution in [-0.2, 0) is 19.4 Å². The van der Waals surface area contributed by atoms with Gasteiger partial charge in [-0.2, -0.15) is 0 Å². The third-order valence-electron chi connectivity index (χ3n) is 2.20. The number of aliphatic carboxylic acids is 1. The Morgan fingerprint density at radius 2 is 1.83 bits per heavy atom. The molecular formula is C10H19NO5S2. The maximum absolute atomic E-state index is 11.5. The molecule has 106 valence electrons. The van der Waals surface area contributed by atoms with Gasteiger partial charge in [0.15, 0.2) is 9.84 Å². The summed E-state index contributed by atoms with van der Waals surface area (Å²) in [4.78, 5) is 21.4. The summed E-state index contributed by atoms with van der Waals surface area (Å²) in [6.45, 7) is 3.54. The molecule has 6 nitrogen and oxygen atoms in total. The molecule has 0 aliphatic rings. The molecule has 0 aromatic rings. The van der Waals surface area contributed by atoms with Gasteiger partial charge in [0.25, 0.3) is 0 Å². The lowest BCUT2D eigenvalue weighted by molar-refractivity contribution is -0.137. The zero-order valence-electron chi connectivity index (χ0n) is 10.5. The molecule has 0 aliphatic carbocycles. The van der Waals surface area contributed by atoms with E-state index >= 15 is 0 Å². The normalized spacial score (nSPS) is 13.5. The average Bonchev–Trinajstić information content (AvgIpc) is 2.20. The lowest BCUT2D eigenvalue weighted by atomic mass is 10.1. The number of sulfone groups is 1. The fourth-order valence-corrected chi connectivity index (χ4v) is 4.11. The lowest BCUT2D eigenvalue weighted by Gasteiger charge is -2.15. The minimum Gasteiger partial charge on any atom is -0.480 e. The number of thioether (sulfide) groups is 1. The highest BCUT2D eigenvalue weighted by atomic mass is 32.2. The van der Waals surface area contributed by atoms with Crippen LogP contribution in [0.25, 0.3) is 0 Å². The highest BCUT2D eigenvalue weighted by molar-refractivity contribution is 8.01. The molecule has 8 heteroatoms. The third kappa shape index (κ3) is 7.54. The van der Waals surface area contributed by atoms with Crippen molar-refractivity contribution in [1.82, 2.24) is 0 Å². The van der Waals surface area contributed by atoms with Gasteiger partial charge in [0.05, 0.1) is 11.5 Å². The second-order valence-electron chi connectivity index (χ2n) is 4.24. The topological polar surface area (TPSA) is 115 Å². The summed E-state index contributed by atoms with van der Waals surface area (Å²) in [5.74, 6) is -1.87. The van der Waals surface area contributed by atoms with Crippen LogP contribution < -0.4 is 5.73 Å². The third-order valence-corrected chi connectivity index (χ3v) is 5.66. The number of hydrogen-bond donors (Lipinski definition) is 2. The Labute approximate surface area is 111 Å². The van der Waals surface area contributed by atoms with E-state index in [9.17, 15) is 18.0 Å². The van der Waals surface area contributed by atoms with Crippen molar-refractivity contribution < 1.29 is 23.1 Å². The van der Waals surface area contributed by atoms with Crippen LogP contribution in [0.3, 0.4) is 0 Å². The van der Waals surface area contributed by atoms with E-state index in [2.05, 4.69) is 0 Å². The number of carbonyl (C=O) groups is 2. The van der Waals surface area contributed by atoms with Gasteiger partial charge in [-0.3, -0.25) is 9.59 Å². The van der Waals surface area contributed by atoms with Crippen LogP contribution in [0, 0.1) is 5.92 Å². The van der Waals surface area contributed by atoms with Crippen LogP contribution in [0.5, 0.6) is 0 Å². The largest absolute Gasteiger partial charge is 0.480 e. The van der Waals surface area contributed by atoms with Crippen LogP contribution in [0.4, 0.5) is 0 Å². The molecule has 1 atom stereocenters. The molecule has 0 aliphatic heterocycles. The molecule has 0 aromatic heterocycles. The Hall–Kier alpha value is -0.760. The van der Waals surface area contributed by atoms with Gasteiger partial charge in [0.1, 0.15) is 5.25 Å². The first-order valence-corrected chi connectivity index (χ1v) is 8.36. The first-order chi connectivity index (χ1) is 8.15. The Bertz CT molecular complexity index is 391. The maximum Gasteiger partial charge on any atom is 0.316 e. The van der Waals surface area contributed by atoms with Gasteiger partial charge in [-0.1, -0.05) is 13.8 Å². The molecule has 0 aromatic carbocycles. The van der Waals surface area contributed by atoms with Crippen LogP contribution in [0.2, 0.25) is 0 Å². The van der Waals surface area contributed by atoms with Gasteiger partial charge >= 0.3 is 5.97 Å². The lowest BCUT2D eigenvalue weighted by Crippen LogP contribution is -2.25. The number of carboxylic acids is 1. The number of carboxylic acid groups (broad SMARTS) is 1. The van der Waals surface area contributed by atoms with E-state index in [1.165, 1.54) is 0 Å². The van der Waals surface area contributed by atoms with E-state index < -0.39 is 27.0 Å². The first-order valence-electron chi connectivity index (χ1n) is 5.49. The van der Waals surface area contributed by atoms with E-state index in [1.807, 2.05) is 0 Å². The van der Waals surface area contributed by atoms with Crippen molar-refractivity contribution in [3.8, 4) is 0 Å². The molecule has 1 amide bonds. The smallest absolute Gasteiger partial charge is 0.316 e. The van der Waals surface area contributed by atoms with E-state index in [-0.39, 0.29) is 29.6 Å². The second kappa shape index (κ2) is 7.63. The van der Waals surface area contributed by atoms with Crippen LogP contribution in [-0.4, -0.2) is 47.9 Å². The number of rotatable bonds is 9. The predicted molar refractivity (Wildman–Crippen MR) is 71.2 cm³/mol. The molecule has 0 spiro atoms. The standard InChI is InChI=1S/C10H19NO5S2/c1-7(2)9(10(13)14)17-4-6-18(15,16)5-3-8(11)12/h7,9H,3-6H2,1-2H3,(H2,11,12)(H,13,14). The van der Waals surface area contributed by atoms with Crippen molar-refractivity contribution in [2.24, 2.45) is 11.7 Å². The van der Waals surface area contributed by atoms with Gasteiger partial charge in [0, 0.05) is 12.2 Å². The SMILES string of the molecule is CC(C)C(SCCS(=O)(=O)CCC(N)=O)C(=O)O. The number of hydrogen-bond acceptors (Lipinski definition) is 5.